The zero-order valence-corrected chi connectivity index (χ0v) is 14.1. The lowest BCUT2D eigenvalue weighted by Crippen LogP contribution is -2.49. The summed E-state index contributed by atoms with van der Waals surface area (Å²) in [5, 5.41) is 19.0. The molecule has 1 heterocycles. The fourth-order valence-electron chi connectivity index (χ4n) is 3.30. The van der Waals surface area contributed by atoms with Crippen molar-refractivity contribution >= 4 is 12.0 Å². The lowest BCUT2D eigenvalue weighted by atomic mass is 9.71. The first-order valence-corrected chi connectivity index (χ1v) is 8.06. The molecule has 0 aromatic heterocycles. The minimum absolute atomic E-state index is 0.0535. The number of nitrogens with zero attached hydrogens (tertiary/aromatic N) is 2. The fraction of sp³-hybridized carbons (Fsp3) is 0.647. The second kappa shape index (κ2) is 6.74. The van der Waals surface area contributed by atoms with Crippen LogP contribution < -0.4 is 0 Å². The highest BCUT2D eigenvalue weighted by atomic mass is 16.4. The van der Waals surface area contributed by atoms with E-state index in [4.69, 9.17) is 5.11 Å². The van der Waals surface area contributed by atoms with Crippen molar-refractivity contribution in [3.8, 4) is 0 Å². The van der Waals surface area contributed by atoms with E-state index in [0.717, 1.165) is 24.0 Å². The van der Waals surface area contributed by atoms with Gasteiger partial charge < -0.3 is 20.0 Å². The Bertz CT molecular complexity index is 543. The summed E-state index contributed by atoms with van der Waals surface area (Å²) in [6, 6.07) is 0. The predicted molar refractivity (Wildman–Crippen MR) is 87.0 cm³/mol. The van der Waals surface area contributed by atoms with Crippen molar-refractivity contribution in [3.05, 3.63) is 23.3 Å². The molecule has 23 heavy (non-hydrogen) atoms. The minimum Gasteiger partial charge on any atom is -0.465 e. The summed E-state index contributed by atoms with van der Waals surface area (Å²) in [7, 11) is 0. The Morgan fingerprint density at radius 3 is 2.30 bits per heavy atom. The van der Waals surface area contributed by atoms with Crippen molar-refractivity contribution in [1.82, 2.24) is 9.80 Å². The van der Waals surface area contributed by atoms with Gasteiger partial charge in [-0.15, -0.1) is 0 Å². The van der Waals surface area contributed by atoms with Gasteiger partial charge in [0.15, 0.2) is 0 Å². The van der Waals surface area contributed by atoms with E-state index in [9.17, 15) is 14.7 Å². The summed E-state index contributed by atoms with van der Waals surface area (Å²) in [5.74, 6) is -0.105. The summed E-state index contributed by atoms with van der Waals surface area (Å²) in [6.07, 6.45) is 3.64. The predicted octanol–water partition coefficient (Wildman–Crippen LogP) is 1.86. The Balaban J connectivity index is 2.04. The fourth-order valence-corrected chi connectivity index (χ4v) is 3.30. The van der Waals surface area contributed by atoms with Crippen molar-refractivity contribution in [2.75, 3.05) is 26.2 Å². The number of amides is 2. The Morgan fingerprint density at radius 2 is 1.74 bits per heavy atom. The van der Waals surface area contributed by atoms with Gasteiger partial charge in [-0.2, -0.15) is 0 Å². The number of rotatable bonds is 2. The van der Waals surface area contributed by atoms with Crippen LogP contribution in [0.3, 0.4) is 0 Å². The number of hydrogen-bond donors (Lipinski definition) is 2. The number of aliphatic hydroxyl groups is 1. The molecular weight excluding hydrogens is 296 g/mol. The summed E-state index contributed by atoms with van der Waals surface area (Å²) >= 11 is 0. The van der Waals surface area contributed by atoms with Crippen LogP contribution in [0, 0.1) is 5.41 Å². The van der Waals surface area contributed by atoms with Crippen LogP contribution in [0.5, 0.6) is 0 Å². The standard InChI is InChI=1S/C17H26N2O4/c1-12-13(17(2,3)7-6-14(12)20)4-5-15(21)18-8-10-19(11-9-18)16(22)23/h4-5,14,20H,6-11H2,1-3H3,(H,22,23). The van der Waals surface area contributed by atoms with Gasteiger partial charge in [0.1, 0.15) is 0 Å². The first-order chi connectivity index (χ1) is 10.7. The molecule has 1 fully saturated rings. The third-order valence-corrected chi connectivity index (χ3v) is 4.95. The number of carboxylic acid groups (broad SMARTS) is 1. The third-order valence-electron chi connectivity index (χ3n) is 4.95. The quantitative estimate of drug-likeness (QED) is 0.761. The highest BCUT2D eigenvalue weighted by Gasteiger charge is 2.31. The van der Waals surface area contributed by atoms with Gasteiger partial charge in [-0.3, -0.25) is 4.79 Å². The summed E-state index contributed by atoms with van der Waals surface area (Å²) in [6.45, 7) is 7.69. The van der Waals surface area contributed by atoms with E-state index in [1.807, 2.05) is 13.0 Å². The molecule has 1 atom stereocenters. The number of carbonyl (C=O) groups is 2. The molecule has 0 radical (unpaired) electrons. The molecule has 0 saturated carbocycles. The van der Waals surface area contributed by atoms with Crippen LogP contribution in [-0.2, 0) is 4.79 Å². The van der Waals surface area contributed by atoms with Gasteiger partial charge >= 0.3 is 6.09 Å². The Morgan fingerprint density at radius 1 is 1.17 bits per heavy atom. The number of carbonyl (C=O) groups excluding carboxylic acids is 1. The lowest BCUT2D eigenvalue weighted by Gasteiger charge is -2.35. The smallest absolute Gasteiger partial charge is 0.407 e. The first kappa shape index (κ1) is 17.5. The SMILES string of the molecule is CC1=C(C=CC(=O)N2CCN(C(=O)O)CC2)C(C)(C)CCC1O. The summed E-state index contributed by atoms with van der Waals surface area (Å²) < 4.78 is 0. The van der Waals surface area contributed by atoms with Gasteiger partial charge in [0, 0.05) is 32.3 Å². The average Bonchev–Trinajstić information content (AvgIpc) is 2.51. The molecule has 1 aliphatic heterocycles. The maximum atomic E-state index is 12.3. The molecule has 0 aromatic rings. The molecular formula is C17H26N2O4. The molecule has 6 heteroatoms. The Hall–Kier alpha value is -1.82. The van der Waals surface area contributed by atoms with Crippen LogP contribution in [0.1, 0.15) is 33.6 Å². The normalized spacial score (nSPS) is 25.1. The van der Waals surface area contributed by atoms with Crippen molar-refractivity contribution < 1.29 is 19.8 Å². The van der Waals surface area contributed by atoms with Gasteiger partial charge in [0.05, 0.1) is 6.10 Å². The van der Waals surface area contributed by atoms with Gasteiger partial charge in [0.2, 0.25) is 5.91 Å². The average molecular weight is 322 g/mol. The van der Waals surface area contributed by atoms with E-state index in [2.05, 4.69) is 13.8 Å². The second-order valence-electron chi connectivity index (χ2n) is 6.96. The molecule has 0 bridgehead atoms. The zero-order chi connectivity index (χ0) is 17.2. The molecule has 2 N–H and O–H groups in total. The molecule has 6 nitrogen and oxygen atoms in total. The van der Waals surface area contributed by atoms with Crippen LogP contribution in [0.15, 0.2) is 23.3 Å². The molecule has 2 rings (SSSR count). The largest absolute Gasteiger partial charge is 0.465 e. The van der Waals surface area contributed by atoms with Gasteiger partial charge in [-0.05, 0) is 36.3 Å². The van der Waals surface area contributed by atoms with Crippen LogP contribution >= 0.6 is 0 Å². The van der Waals surface area contributed by atoms with Gasteiger partial charge in [-0.1, -0.05) is 19.9 Å². The maximum Gasteiger partial charge on any atom is 0.407 e. The molecule has 1 saturated heterocycles. The molecule has 0 spiro atoms. The molecule has 2 aliphatic rings. The van der Waals surface area contributed by atoms with Crippen LogP contribution in [0.25, 0.3) is 0 Å². The third kappa shape index (κ3) is 3.93. The van der Waals surface area contributed by atoms with Crippen LogP contribution in [0.2, 0.25) is 0 Å². The van der Waals surface area contributed by atoms with Crippen LogP contribution in [-0.4, -0.2) is 64.3 Å². The topological polar surface area (TPSA) is 81.1 Å². The van der Waals surface area contributed by atoms with E-state index >= 15 is 0 Å². The highest BCUT2D eigenvalue weighted by molar-refractivity contribution is 5.88. The van der Waals surface area contributed by atoms with Gasteiger partial charge in [0.25, 0.3) is 0 Å². The Kier molecular flexibility index (Phi) is 5.14. The highest BCUT2D eigenvalue weighted by Crippen LogP contribution is 2.40. The zero-order valence-electron chi connectivity index (χ0n) is 14.1. The summed E-state index contributed by atoms with van der Waals surface area (Å²) in [4.78, 5) is 26.2. The van der Waals surface area contributed by atoms with Crippen molar-refractivity contribution in [2.45, 2.75) is 39.7 Å². The number of aliphatic hydroxyl groups excluding tert-OH is 1. The van der Waals surface area contributed by atoms with E-state index in [-0.39, 0.29) is 11.3 Å². The number of allylic oxidation sites excluding steroid dienone is 2. The van der Waals surface area contributed by atoms with Crippen molar-refractivity contribution in [3.63, 3.8) is 0 Å². The molecule has 1 unspecified atom stereocenters. The molecule has 0 aromatic carbocycles. The lowest BCUT2D eigenvalue weighted by molar-refractivity contribution is -0.127. The first-order valence-electron chi connectivity index (χ1n) is 8.06. The van der Waals surface area contributed by atoms with Crippen molar-refractivity contribution in [2.24, 2.45) is 5.41 Å². The second-order valence-corrected chi connectivity index (χ2v) is 6.96. The molecule has 1 aliphatic carbocycles. The van der Waals surface area contributed by atoms with E-state index in [1.165, 1.54) is 4.90 Å². The summed E-state index contributed by atoms with van der Waals surface area (Å²) in [5.41, 5.74) is 1.90. The Labute approximate surface area is 137 Å². The number of hydrogen-bond acceptors (Lipinski definition) is 3. The maximum absolute atomic E-state index is 12.3. The van der Waals surface area contributed by atoms with E-state index < -0.39 is 12.2 Å². The number of piperazine rings is 1. The molecule has 2 amide bonds. The van der Waals surface area contributed by atoms with Crippen molar-refractivity contribution in [1.29, 1.82) is 0 Å². The molecule has 128 valence electrons. The van der Waals surface area contributed by atoms with E-state index in [1.54, 1.807) is 11.0 Å². The monoisotopic (exact) mass is 322 g/mol. The minimum atomic E-state index is -0.939. The van der Waals surface area contributed by atoms with Gasteiger partial charge in [-0.25, -0.2) is 4.79 Å². The van der Waals surface area contributed by atoms with E-state index in [0.29, 0.717) is 26.2 Å². The van der Waals surface area contributed by atoms with Crippen LogP contribution in [0.4, 0.5) is 4.79 Å².